The number of thiophene rings is 1. The van der Waals surface area contributed by atoms with Gasteiger partial charge in [0.05, 0.1) is 9.88 Å². The molecule has 0 unspecified atom stereocenters. The van der Waals surface area contributed by atoms with E-state index in [1.54, 1.807) is 32.2 Å². The van der Waals surface area contributed by atoms with Crippen molar-refractivity contribution in [3.8, 4) is 0 Å². The molecule has 0 atom stereocenters. The standard InChI is InChI=1S/C19H21N3O3S/c1-10-9-15(22-17(23)12-7-8-12)26-16(10)19(25)21-14-6-4-5-13(11(14)2)18(24)20-3/h4-6,9,12H,7-8H2,1-3H3,(H,20,24)(H,21,25)(H,22,23). The Labute approximate surface area is 156 Å². The summed E-state index contributed by atoms with van der Waals surface area (Å²) in [6, 6.07) is 7.02. The molecule has 0 bridgehead atoms. The first-order valence-electron chi connectivity index (χ1n) is 8.45. The average Bonchev–Trinajstić information content (AvgIpc) is 3.40. The lowest BCUT2D eigenvalue weighted by atomic mass is 10.1. The van der Waals surface area contributed by atoms with Crippen molar-refractivity contribution >= 4 is 39.7 Å². The van der Waals surface area contributed by atoms with Crippen LogP contribution in [0, 0.1) is 19.8 Å². The third-order valence-corrected chi connectivity index (χ3v) is 5.52. The van der Waals surface area contributed by atoms with E-state index in [9.17, 15) is 14.4 Å². The number of rotatable bonds is 5. The van der Waals surface area contributed by atoms with Gasteiger partial charge in [0.15, 0.2) is 0 Å². The summed E-state index contributed by atoms with van der Waals surface area (Å²) in [6.07, 6.45) is 1.87. The molecular weight excluding hydrogens is 350 g/mol. The number of carbonyl (C=O) groups excluding carboxylic acids is 3. The lowest BCUT2D eigenvalue weighted by Crippen LogP contribution is -2.20. The fourth-order valence-electron chi connectivity index (χ4n) is 2.67. The van der Waals surface area contributed by atoms with E-state index in [-0.39, 0.29) is 23.6 Å². The van der Waals surface area contributed by atoms with Crippen LogP contribution in [0.15, 0.2) is 24.3 Å². The van der Waals surface area contributed by atoms with E-state index in [1.165, 1.54) is 11.3 Å². The first-order chi connectivity index (χ1) is 12.4. The van der Waals surface area contributed by atoms with Crippen molar-refractivity contribution in [2.24, 2.45) is 5.92 Å². The first kappa shape index (κ1) is 18.1. The molecule has 0 aliphatic heterocycles. The van der Waals surface area contributed by atoms with Crippen LogP contribution in [0.4, 0.5) is 10.7 Å². The molecule has 3 N–H and O–H groups in total. The zero-order valence-electron chi connectivity index (χ0n) is 14.9. The fourth-order valence-corrected chi connectivity index (χ4v) is 3.64. The van der Waals surface area contributed by atoms with Gasteiger partial charge in [-0.1, -0.05) is 6.07 Å². The highest BCUT2D eigenvalue weighted by atomic mass is 32.1. The molecule has 26 heavy (non-hydrogen) atoms. The molecule has 7 heteroatoms. The lowest BCUT2D eigenvalue weighted by molar-refractivity contribution is -0.117. The van der Waals surface area contributed by atoms with Gasteiger partial charge < -0.3 is 16.0 Å². The molecule has 1 saturated carbocycles. The van der Waals surface area contributed by atoms with Crippen LogP contribution >= 0.6 is 11.3 Å². The Morgan fingerprint density at radius 1 is 1.08 bits per heavy atom. The van der Waals surface area contributed by atoms with Crippen LogP contribution < -0.4 is 16.0 Å². The van der Waals surface area contributed by atoms with Crippen LogP contribution in [0.1, 0.15) is 44.0 Å². The molecule has 1 heterocycles. The minimum absolute atomic E-state index is 0.0207. The number of nitrogens with one attached hydrogen (secondary N) is 3. The highest BCUT2D eigenvalue weighted by molar-refractivity contribution is 7.18. The SMILES string of the molecule is CNC(=O)c1cccc(NC(=O)c2sc(NC(=O)C3CC3)cc2C)c1C. The molecule has 2 aromatic rings. The smallest absolute Gasteiger partial charge is 0.266 e. The van der Waals surface area contributed by atoms with Crippen LogP contribution in [0.25, 0.3) is 0 Å². The molecule has 3 amide bonds. The third-order valence-electron chi connectivity index (χ3n) is 4.37. The summed E-state index contributed by atoms with van der Waals surface area (Å²) in [4.78, 5) is 37.0. The van der Waals surface area contributed by atoms with Crippen molar-refractivity contribution in [3.63, 3.8) is 0 Å². The minimum Gasteiger partial charge on any atom is -0.355 e. The molecule has 0 spiro atoms. The summed E-state index contributed by atoms with van der Waals surface area (Å²) in [5.74, 6) is -0.315. The van der Waals surface area contributed by atoms with Gasteiger partial charge in [0.25, 0.3) is 11.8 Å². The molecule has 1 aliphatic carbocycles. The van der Waals surface area contributed by atoms with Gasteiger partial charge in [0.1, 0.15) is 0 Å². The number of hydrogen-bond acceptors (Lipinski definition) is 4. The van der Waals surface area contributed by atoms with Crippen molar-refractivity contribution in [1.82, 2.24) is 5.32 Å². The molecule has 1 aliphatic rings. The molecule has 1 aromatic heterocycles. The van der Waals surface area contributed by atoms with Crippen LogP contribution in [-0.4, -0.2) is 24.8 Å². The van der Waals surface area contributed by atoms with E-state index in [4.69, 9.17) is 0 Å². The molecule has 136 valence electrons. The monoisotopic (exact) mass is 371 g/mol. The van der Waals surface area contributed by atoms with Gasteiger partial charge >= 0.3 is 0 Å². The second kappa shape index (κ2) is 7.29. The van der Waals surface area contributed by atoms with Crippen molar-refractivity contribution in [1.29, 1.82) is 0 Å². The Bertz CT molecular complexity index is 884. The Morgan fingerprint density at radius 2 is 1.81 bits per heavy atom. The van der Waals surface area contributed by atoms with E-state index in [0.717, 1.165) is 18.4 Å². The van der Waals surface area contributed by atoms with Crippen molar-refractivity contribution in [3.05, 3.63) is 45.8 Å². The summed E-state index contributed by atoms with van der Waals surface area (Å²) < 4.78 is 0. The molecule has 1 aromatic carbocycles. The van der Waals surface area contributed by atoms with Gasteiger partial charge in [-0.25, -0.2) is 0 Å². The number of anilines is 2. The Balaban J connectivity index is 1.77. The normalized spacial score (nSPS) is 13.2. The number of carbonyl (C=O) groups is 3. The summed E-state index contributed by atoms with van der Waals surface area (Å²) in [7, 11) is 1.57. The van der Waals surface area contributed by atoms with Crippen molar-refractivity contribution in [2.75, 3.05) is 17.7 Å². The number of amides is 3. The zero-order valence-corrected chi connectivity index (χ0v) is 15.8. The van der Waals surface area contributed by atoms with E-state index < -0.39 is 0 Å². The van der Waals surface area contributed by atoms with Crippen LogP contribution in [0.2, 0.25) is 0 Å². The highest BCUT2D eigenvalue weighted by Crippen LogP contribution is 2.33. The number of aryl methyl sites for hydroxylation is 1. The molecule has 6 nitrogen and oxygen atoms in total. The minimum atomic E-state index is -0.253. The number of hydrogen-bond donors (Lipinski definition) is 3. The van der Waals surface area contributed by atoms with E-state index in [1.807, 2.05) is 13.0 Å². The maximum atomic E-state index is 12.7. The van der Waals surface area contributed by atoms with Gasteiger partial charge in [0.2, 0.25) is 5.91 Å². The van der Waals surface area contributed by atoms with Crippen LogP contribution in [0.5, 0.6) is 0 Å². The highest BCUT2D eigenvalue weighted by Gasteiger charge is 2.30. The largest absolute Gasteiger partial charge is 0.355 e. The van der Waals surface area contributed by atoms with Crippen molar-refractivity contribution in [2.45, 2.75) is 26.7 Å². The van der Waals surface area contributed by atoms with Gasteiger partial charge in [0, 0.05) is 24.2 Å². The molecule has 3 rings (SSSR count). The van der Waals surface area contributed by atoms with E-state index >= 15 is 0 Å². The van der Waals surface area contributed by atoms with Gasteiger partial charge in [-0.3, -0.25) is 14.4 Å². The summed E-state index contributed by atoms with van der Waals surface area (Å²) in [5, 5.41) is 9.01. The second-order valence-corrected chi connectivity index (χ2v) is 7.45. The van der Waals surface area contributed by atoms with Crippen molar-refractivity contribution < 1.29 is 14.4 Å². The molecular formula is C19H21N3O3S. The summed E-state index contributed by atoms with van der Waals surface area (Å²) in [5.41, 5.74) is 2.62. The maximum Gasteiger partial charge on any atom is 0.266 e. The van der Waals surface area contributed by atoms with Gasteiger partial charge in [-0.2, -0.15) is 0 Å². The first-order valence-corrected chi connectivity index (χ1v) is 9.26. The summed E-state index contributed by atoms with van der Waals surface area (Å²) in [6.45, 7) is 3.63. The molecule has 1 fully saturated rings. The topological polar surface area (TPSA) is 87.3 Å². The van der Waals surface area contributed by atoms with Crippen LogP contribution in [-0.2, 0) is 4.79 Å². The Morgan fingerprint density at radius 3 is 2.46 bits per heavy atom. The second-order valence-electron chi connectivity index (χ2n) is 6.40. The summed E-state index contributed by atoms with van der Waals surface area (Å²) >= 11 is 1.26. The lowest BCUT2D eigenvalue weighted by Gasteiger charge is -2.11. The van der Waals surface area contributed by atoms with E-state index in [0.29, 0.717) is 26.7 Å². The zero-order chi connectivity index (χ0) is 18.8. The fraction of sp³-hybridized carbons (Fsp3) is 0.316. The quantitative estimate of drug-likeness (QED) is 0.753. The van der Waals surface area contributed by atoms with Gasteiger partial charge in [-0.15, -0.1) is 11.3 Å². The van der Waals surface area contributed by atoms with Gasteiger partial charge in [-0.05, 0) is 56.0 Å². The molecule has 0 saturated heterocycles. The third kappa shape index (κ3) is 3.77. The molecule has 0 radical (unpaired) electrons. The number of benzene rings is 1. The van der Waals surface area contributed by atoms with Crippen LogP contribution in [0.3, 0.4) is 0 Å². The Kier molecular flexibility index (Phi) is 5.08. The maximum absolute atomic E-state index is 12.7. The predicted octanol–water partition coefficient (Wildman–Crippen LogP) is 3.33. The predicted molar refractivity (Wildman–Crippen MR) is 103 cm³/mol. The average molecular weight is 371 g/mol. The van der Waals surface area contributed by atoms with E-state index in [2.05, 4.69) is 16.0 Å². The Hall–Kier alpha value is -2.67.